The van der Waals surface area contributed by atoms with Gasteiger partial charge in [0.2, 0.25) is 5.91 Å². The highest BCUT2D eigenvalue weighted by Crippen LogP contribution is 2.34. The summed E-state index contributed by atoms with van der Waals surface area (Å²) in [5.41, 5.74) is 7.70. The van der Waals surface area contributed by atoms with Gasteiger partial charge in [-0.15, -0.1) is 0 Å². The number of carbonyl (C=O) groups excluding carboxylic acids is 1. The lowest BCUT2D eigenvalue weighted by Crippen LogP contribution is -2.15. The van der Waals surface area contributed by atoms with E-state index in [9.17, 15) is 4.79 Å². The zero-order valence-electron chi connectivity index (χ0n) is 10.3. The summed E-state index contributed by atoms with van der Waals surface area (Å²) in [6.45, 7) is 3.41. The van der Waals surface area contributed by atoms with Crippen molar-refractivity contribution in [2.24, 2.45) is 0 Å². The first-order valence-electron chi connectivity index (χ1n) is 5.07. The zero-order chi connectivity index (χ0) is 13.0. The third-order valence-electron chi connectivity index (χ3n) is 2.27. The van der Waals surface area contributed by atoms with E-state index in [1.807, 2.05) is 19.0 Å². The number of nitrogens with zero attached hydrogens (tertiary/aromatic N) is 1. The third-order valence-corrected chi connectivity index (χ3v) is 2.27. The summed E-state index contributed by atoms with van der Waals surface area (Å²) in [6.07, 6.45) is 1.21. The van der Waals surface area contributed by atoms with Crippen LogP contribution >= 0.6 is 0 Å². The van der Waals surface area contributed by atoms with E-state index in [0.29, 0.717) is 17.1 Å². The smallest absolute Gasteiger partial charge is 0.247 e. The number of hydrogen-bond donors (Lipinski definition) is 2. The maximum absolute atomic E-state index is 11.3. The van der Waals surface area contributed by atoms with E-state index in [0.717, 1.165) is 5.69 Å². The van der Waals surface area contributed by atoms with Crippen LogP contribution in [0.4, 0.5) is 17.1 Å². The van der Waals surface area contributed by atoms with E-state index in [1.165, 1.54) is 6.08 Å². The average molecular weight is 235 g/mol. The van der Waals surface area contributed by atoms with Gasteiger partial charge < -0.3 is 20.7 Å². The number of nitrogens with one attached hydrogen (secondary N) is 1. The lowest BCUT2D eigenvalue weighted by molar-refractivity contribution is -0.111. The molecule has 0 aliphatic carbocycles. The van der Waals surface area contributed by atoms with Crippen LogP contribution in [0.5, 0.6) is 5.75 Å². The molecule has 0 bridgehead atoms. The van der Waals surface area contributed by atoms with Crippen molar-refractivity contribution in [1.29, 1.82) is 0 Å². The summed E-state index contributed by atoms with van der Waals surface area (Å²) >= 11 is 0. The van der Waals surface area contributed by atoms with Crippen molar-refractivity contribution in [3.63, 3.8) is 0 Å². The summed E-state index contributed by atoms with van der Waals surface area (Å²) in [6, 6.07) is 3.43. The van der Waals surface area contributed by atoms with Crippen LogP contribution in [0.1, 0.15) is 0 Å². The van der Waals surface area contributed by atoms with Crippen LogP contribution in [0.3, 0.4) is 0 Å². The molecule has 5 nitrogen and oxygen atoms in total. The maximum atomic E-state index is 11.3. The van der Waals surface area contributed by atoms with Crippen molar-refractivity contribution >= 4 is 23.0 Å². The van der Waals surface area contributed by atoms with Gasteiger partial charge in [-0.3, -0.25) is 4.79 Å². The molecule has 0 aliphatic rings. The molecule has 0 spiro atoms. The molecule has 3 N–H and O–H groups in total. The van der Waals surface area contributed by atoms with Gasteiger partial charge in [0.05, 0.1) is 24.2 Å². The summed E-state index contributed by atoms with van der Waals surface area (Å²) < 4.78 is 5.14. The number of rotatable bonds is 4. The normalized spacial score (nSPS) is 9.59. The van der Waals surface area contributed by atoms with Gasteiger partial charge in [0.25, 0.3) is 0 Å². The Morgan fingerprint density at radius 2 is 2.18 bits per heavy atom. The predicted molar refractivity (Wildman–Crippen MR) is 70.6 cm³/mol. The number of ether oxygens (including phenoxy) is 1. The molecule has 17 heavy (non-hydrogen) atoms. The molecular formula is C12H17N3O2. The molecule has 0 radical (unpaired) electrons. The number of amides is 1. The van der Waals surface area contributed by atoms with Gasteiger partial charge in [0, 0.05) is 20.2 Å². The van der Waals surface area contributed by atoms with Crippen LogP contribution < -0.4 is 20.7 Å². The van der Waals surface area contributed by atoms with Crippen LogP contribution in [0.25, 0.3) is 0 Å². The Morgan fingerprint density at radius 3 is 2.65 bits per heavy atom. The molecule has 1 aromatic rings. The van der Waals surface area contributed by atoms with Crippen molar-refractivity contribution in [1.82, 2.24) is 0 Å². The van der Waals surface area contributed by atoms with Gasteiger partial charge in [-0.1, -0.05) is 6.58 Å². The molecule has 1 amide bonds. The summed E-state index contributed by atoms with van der Waals surface area (Å²) in [5.74, 6) is 0.294. The van der Waals surface area contributed by atoms with Crippen LogP contribution in [-0.2, 0) is 4.79 Å². The van der Waals surface area contributed by atoms with E-state index in [2.05, 4.69) is 11.9 Å². The van der Waals surface area contributed by atoms with E-state index >= 15 is 0 Å². The molecule has 1 aromatic carbocycles. The first-order chi connectivity index (χ1) is 7.99. The Balaban J connectivity index is 3.22. The van der Waals surface area contributed by atoms with E-state index < -0.39 is 0 Å². The number of benzene rings is 1. The zero-order valence-corrected chi connectivity index (χ0v) is 10.3. The molecular weight excluding hydrogens is 218 g/mol. The molecule has 0 unspecified atom stereocenters. The van der Waals surface area contributed by atoms with Gasteiger partial charge in [0.15, 0.2) is 0 Å². The van der Waals surface area contributed by atoms with Crippen molar-refractivity contribution in [3.8, 4) is 5.75 Å². The Labute approximate surface area is 101 Å². The summed E-state index contributed by atoms with van der Waals surface area (Å²) in [7, 11) is 5.29. The highest BCUT2D eigenvalue weighted by molar-refractivity contribution is 6.02. The fraction of sp³-hybridized carbons (Fsp3) is 0.250. The van der Waals surface area contributed by atoms with Crippen LogP contribution in [0, 0.1) is 0 Å². The second kappa shape index (κ2) is 5.25. The molecule has 0 aromatic heterocycles. The molecule has 0 saturated carbocycles. The van der Waals surface area contributed by atoms with Crippen molar-refractivity contribution in [3.05, 3.63) is 24.8 Å². The number of nitrogen functional groups attached to an aromatic ring is 1. The molecule has 0 heterocycles. The highest BCUT2D eigenvalue weighted by Gasteiger charge is 2.11. The molecule has 0 saturated heterocycles. The largest absolute Gasteiger partial charge is 0.495 e. The minimum atomic E-state index is -0.280. The SMILES string of the molecule is C=CC(=O)Nc1cc(N)c(OC)cc1N(C)C. The van der Waals surface area contributed by atoms with Crippen molar-refractivity contribution in [2.45, 2.75) is 0 Å². The molecule has 0 fully saturated rings. The molecule has 5 heteroatoms. The number of anilines is 3. The first-order valence-corrected chi connectivity index (χ1v) is 5.07. The fourth-order valence-corrected chi connectivity index (χ4v) is 1.42. The van der Waals surface area contributed by atoms with Gasteiger partial charge in [0.1, 0.15) is 5.75 Å². The average Bonchev–Trinajstić information content (AvgIpc) is 2.28. The minimum Gasteiger partial charge on any atom is -0.495 e. The Hall–Kier alpha value is -2.17. The molecule has 92 valence electrons. The van der Waals surface area contributed by atoms with Gasteiger partial charge >= 0.3 is 0 Å². The van der Waals surface area contributed by atoms with Gasteiger partial charge in [-0.2, -0.15) is 0 Å². The van der Waals surface area contributed by atoms with Gasteiger partial charge in [-0.25, -0.2) is 0 Å². The number of carbonyl (C=O) groups is 1. The minimum absolute atomic E-state index is 0.280. The first kappa shape index (κ1) is 12.9. The summed E-state index contributed by atoms with van der Waals surface area (Å²) in [4.78, 5) is 13.2. The lowest BCUT2D eigenvalue weighted by atomic mass is 10.2. The molecule has 1 rings (SSSR count). The highest BCUT2D eigenvalue weighted by atomic mass is 16.5. The topological polar surface area (TPSA) is 67.6 Å². The monoisotopic (exact) mass is 235 g/mol. The third kappa shape index (κ3) is 2.90. The quantitative estimate of drug-likeness (QED) is 0.612. The number of methoxy groups -OCH3 is 1. The fourth-order valence-electron chi connectivity index (χ4n) is 1.42. The lowest BCUT2D eigenvalue weighted by Gasteiger charge is -2.19. The Morgan fingerprint density at radius 1 is 1.53 bits per heavy atom. The van der Waals surface area contributed by atoms with Crippen LogP contribution in [-0.4, -0.2) is 27.1 Å². The maximum Gasteiger partial charge on any atom is 0.247 e. The van der Waals surface area contributed by atoms with Gasteiger partial charge in [-0.05, 0) is 12.1 Å². The van der Waals surface area contributed by atoms with Crippen LogP contribution in [0.15, 0.2) is 24.8 Å². The predicted octanol–water partition coefficient (Wildman–Crippen LogP) is 1.47. The Kier molecular flexibility index (Phi) is 3.98. The van der Waals surface area contributed by atoms with Crippen molar-refractivity contribution < 1.29 is 9.53 Å². The second-order valence-electron chi connectivity index (χ2n) is 3.70. The number of nitrogens with two attached hydrogens (primary N) is 1. The van der Waals surface area contributed by atoms with Crippen LogP contribution in [0.2, 0.25) is 0 Å². The standard InChI is InChI=1S/C12H17N3O2/c1-5-12(16)14-9-6-8(13)11(17-4)7-10(9)15(2)3/h5-7H,1,13H2,2-4H3,(H,14,16). The molecule has 0 atom stereocenters. The number of hydrogen-bond acceptors (Lipinski definition) is 4. The molecule has 0 aliphatic heterocycles. The van der Waals surface area contributed by atoms with E-state index in [-0.39, 0.29) is 5.91 Å². The second-order valence-corrected chi connectivity index (χ2v) is 3.70. The Bertz CT molecular complexity index is 442. The van der Waals surface area contributed by atoms with E-state index in [4.69, 9.17) is 10.5 Å². The van der Waals surface area contributed by atoms with E-state index in [1.54, 1.807) is 19.2 Å². The van der Waals surface area contributed by atoms with Crippen molar-refractivity contribution in [2.75, 3.05) is 37.2 Å². The summed E-state index contributed by atoms with van der Waals surface area (Å²) in [5, 5.41) is 2.70.